The minimum atomic E-state index is -0.352. The molecule has 0 N–H and O–H groups in total. The molecular formula is C11H16N6O. The molecule has 0 saturated carbocycles. The smallest absolute Gasteiger partial charge is 0.243 e. The molecule has 2 aromatic rings. The third-order valence-corrected chi connectivity index (χ3v) is 2.63. The van der Waals surface area contributed by atoms with Crippen molar-refractivity contribution in [3.63, 3.8) is 0 Å². The Hall–Kier alpha value is -2.05. The normalized spacial score (nSPS) is 11.1. The van der Waals surface area contributed by atoms with Crippen LogP contribution in [0.2, 0.25) is 0 Å². The van der Waals surface area contributed by atoms with Crippen LogP contribution in [-0.2, 0) is 6.42 Å². The second kappa shape index (κ2) is 5.07. The SMILES string of the molecule is CCCc1c(C(C)C)nnn1C(=O)n1ccnn1. The fraction of sp³-hybridized carbons (Fsp3) is 0.545. The molecule has 0 amide bonds. The molecule has 96 valence electrons. The molecule has 7 nitrogen and oxygen atoms in total. The first kappa shape index (κ1) is 12.4. The average molecular weight is 248 g/mol. The molecule has 0 aromatic carbocycles. The van der Waals surface area contributed by atoms with Crippen molar-refractivity contribution in [2.24, 2.45) is 0 Å². The largest absolute Gasteiger partial charge is 0.372 e. The topological polar surface area (TPSA) is 78.5 Å². The van der Waals surface area contributed by atoms with Gasteiger partial charge in [-0.25, -0.2) is 4.79 Å². The summed E-state index contributed by atoms with van der Waals surface area (Å²) >= 11 is 0. The van der Waals surface area contributed by atoms with Crippen molar-refractivity contribution in [3.05, 3.63) is 23.8 Å². The van der Waals surface area contributed by atoms with E-state index >= 15 is 0 Å². The van der Waals surface area contributed by atoms with E-state index in [0.29, 0.717) is 0 Å². The Morgan fingerprint density at radius 1 is 1.39 bits per heavy atom. The number of hydrogen-bond acceptors (Lipinski definition) is 5. The lowest BCUT2D eigenvalue weighted by atomic mass is 10.1. The van der Waals surface area contributed by atoms with Crippen LogP contribution in [0.25, 0.3) is 0 Å². The minimum absolute atomic E-state index is 0.240. The van der Waals surface area contributed by atoms with Crippen LogP contribution in [0, 0.1) is 0 Å². The fourth-order valence-electron chi connectivity index (χ4n) is 1.79. The zero-order chi connectivity index (χ0) is 13.1. The Balaban J connectivity index is 2.41. The zero-order valence-corrected chi connectivity index (χ0v) is 10.7. The molecule has 0 fully saturated rings. The number of nitrogens with zero attached hydrogens (tertiary/aromatic N) is 6. The molecular weight excluding hydrogens is 232 g/mol. The van der Waals surface area contributed by atoms with Gasteiger partial charge in [0.2, 0.25) is 0 Å². The van der Waals surface area contributed by atoms with Gasteiger partial charge in [0.25, 0.3) is 0 Å². The van der Waals surface area contributed by atoms with Crippen molar-refractivity contribution < 1.29 is 4.79 Å². The first-order valence-electron chi connectivity index (χ1n) is 6.00. The van der Waals surface area contributed by atoms with Gasteiger partial charge in [0, 0.05) is 0 Å². The van der Waals surface area contributed by atoms with E-state index in [1.807, 2.05) is 13.8 Å². The summed E-state index contributed by atoms with van der Waals surface area (Å²) in [4.78, 5) is 12.2. The number of carbonyl (C=O) groups excluding carboxylic acids is 1. The number of aromatic nitrogens is 6. The molecule has 7 heteroatoms. The molecule has 0 radical (unpaired) electrons. The summed E-state index contributed by atoms with van der Waals surface area (Å²) < 4.78 is 2.46. The van der Waals surface area contributed by atoms with Crippen molar-refractivity contribution in [1.29, 1.82) is 0 Å². The maximum atomic E-state index is 12.2. The van der Waals surface area contributed by atoms with E-state index in [-0.39, 0.29) is 11.9 Å². The van der Waals surface area contributed by atoms with Gasteiger partial charge in [-0.15, -0.1) is 10.2 Å². The van der Waals surface area contributed by atoms with Crippen molar-refractivity contribution in [1.82, 2.24) is 30.0 Å². The van der Waals surface area contributed by atoms with Gasteiger partial charge in [-0.3, -0.25) is 0 Å². The lowest BCUT2D eigenvalue weighted by molar-refractivity contribution is 0.236. The second-order valence-electron chi connectivity index (χ2n) is 4.37. The lowest BCUT2D eigenvalue weighted by Gasteiger charge is -2.06. The zero-order valence-electron chi connectivity index (χ0n) is 10.7. The first-order valence-corrected chi connectivity index (χ1v) is 6.00. The molecule has 2 rings (SSSR count). The van der Waals surface area contributed by atoms with Crippen molar-refractivity contribution >= 4 is 6.03 Å². The van der Waals surface area contributed by atoms with Crippen molar-refractivity contribution in [2.45, 2.75) is 39.5 Å². The Kier molecular flexibility index (Phi) is 3.50. The van der Waals surface area contributed by atoms with Gasteiger partial charge >= 0.3 is 6.03 Å². The van der Waals surface area contributed by atoms with Gasteiger partial charge in [-0.2, -0.15) is 9.36 Å². The van der Waals surface area contributed by atoms with Gasteiger partial charge in [-0.1, -0.05) is 37.6 Å². The van der Waals surface area contributed by atoms with E-state index in [0.717, 1.165) is 28.9 Å². The van der Waals surface area contributed by atoms with Crippen LogP contribution >= 0.6 is 0 Å². The third-order valence-electron chi connectivity index (χ3n) is 2.63. The Morgan fingerprint density at radius 2 is 2.17 bits per heavy atom. The van der Waals surface area contributed by atoms with E-state index in [4.69, 9.17) is 0 Å². The number of carbonyl (C=O) groups is 1. The van der Waals surface area contributed by atoms with Gasteiger partial charge in [0.15, 0.2) is 0 Å². The Labute approximate surface area is 105 Å². The van der Waals surface area contributed by atoms with Crippen molar-refractivity contribution in [3.8, 4) is 0 Å². The summed E-state index contributed by atoms with van der Waals surface area (Å²) in [5.41, 5.74) is 1.72. The summed E-state index contributed by atoms with van der Waals surface area (Å²) in [5, 5.41) is 15.3. The quantitative estimate of drug-likeness (QED) is 0.821. The first-order chi connectivity index (χ1) is 8.65. The molecule has 0 atom stereocenters. The van der Waals surface area contributed by atoms with Crippen LogP contribution in [0.3, 0.4) is 0 Å². The molecule has 18 heavy (non-hydrogen) atoms. The highest BCUT2D eigenvalue weighted by Crippen LogP contribution is 2.18. The standard InChI is InChI=1S/C11H16N6O/c1-4-5-9-10(8(2)3)13-15-17(9)11(18)16-7-6-12-14-16/h6-8H,4-5H2,1-3H3. The van der Waals surface area contributed by atoms with Crippen LogP contribution in [0.5, 0.6) is 0 Å². The van der Waals surface area contributed by atoms with Crippen LogP contribution in [0.15, 0.2) is 12.4 Å². The summed E-state index contributed by atoms with van der Waals surface area (Å²) in [7, 11) is 0. The lowest BCUT2D eigenvalue weighted by Crippen LogP contribution is -2.23. The molecule has 0 aliphatic carbocycles. The van der Waals surface area contributed by atoms with Gasteiger partial charge in [0.05, 0.1) is 23.8 Å². The maximum absolute atomic E-state index is 12.2. The Morgan fingerprint density at radius 3 is 2.72 bits per heavy atom. The number of rotatable bonds is 3. The Bertz CT molecular complexity index is 528. The number of hydrogen-bond donors (Lipinski definition) is 0. The van der Waals surface area contributed by atoms with Gasteiger partial charge < -0.3 is 0 Å². The highest BCUT2D eigenvalue weighted by atomic mass is 16.2. The molecule has 0 spiro atoms. The fourth-order valence-corrected chi connectivity index (χ4v) is 1.79. The highest BCUT2D eigenvalue weighted by Gasteiger charge is 2.20. The summed E-state index contributed by atoms with van der Waals surface area (Å²) in [5.74, 6) is 0.240. The molecule has 0 unspecified atom stereocenters. The van der Waals surface area contributed by atoms with Crippen LogP contribution < -0.4 is 0 Å². The molecule has 0 aliphatic rings. The predicted molar refractivity (Wildman–Crippen MR) is 64.3 cm³/mol. The minimum Gasteiger partial charge on any atom is -0.243 e. The van der Waals surface area contributed by atoms with Gasteiger partial charge in [0.1, 0.15) is 0 Å². The summed E-state index contributed by atoms with van der Waals surface area (Å²) in [6.45, 7) is 6.13. The molecule has 0 saturated heterocycles. The van der Waals surface area contributed by atoms with Gasteiger partial charge in [-0.05, 0) is 12.3 Å². The van der Waals surface area contributed by atoms with Crippen LogP contribution in [-0.4, -0.2) is 36.0 Å². The third kappa shape index (κ3) is 2.15. The van der Waals surface area contributed by atoms with E-state index < -0.39 is 0 Å². The van der Waals surface area contributed by atoms with Crippen LogP contribution in [0.4, 0.5) is 4.79 Å². The van der Waals surface area contributed by atoms with Crippen LogP contribution in [0.1, 0.15) is 44.5 Å². The maximum Gasteiger partial charge on any atom is 0.372 e. The molecule has 0 bridgehead atoms. The second-order valence-corrected chi connectivity index (χ2v) is 4.37. The summed E-state index contributed by atoms with van der Waals surface area (Å²) in [6, 6.07) is -0.352. The predicted octanol–water partition coefficient (Wildman–Crippen LogP) is 1.46. The van der Waals surface area contributed by atoms with E-state index in [2.05, 4.69) is 27.5 Å². The highest BCUT2D eigenvalue weighted by molar-refractivity contribution is 5.77. The summed E-state index contributed by atoms with van der Waals surface area (Å²) in [6.07, 6.45) is 4.64. The average Bonchev–Trinajstić information content (AvgIpc) is 2.97. The van der Waals surface area contributed by atoms with Crippen molar-refractivity contribution in [2.75, 3.05) is 0 Å². The van der Waals surface area contributed by atoms with E-state index in [1.165, 1.54) is 17.1 Å². The molecule has 0 aliphatic heterocycles. The van der Waals surface area contributed by atoms with E-state index in [9.17, 15) is 4.79 Å². The monoisotopic (exact) mass is 248 g/mol. The van der Waals surface area contributed by atoms with E-state index in [1.54, 1.807) is 0 Å². The molecule has 2 aromatic heterocycles. The molecule has 2 heterocycles.